The van der Waals surface area contributed by atoms with Gasteiger partial charge in [0.05, 0.1) is 5.69 Å². The maximum atomic E-state index is 5.84. The lowest BCUT2D eigenvalue weighted by molar-refractivity contribution is 1.31. The molecule has 3 nitrogen and oxygen atoms in total. The maximum Gasteiger partial charge on any atom is 0.134 e. The third kappa shape index (κ3) is 3.34. The van der Waals surface area contributed by atoms with Crippen molar-refractivity contribution in [3.05, 3.63) is 44.4 Å². The summed E-state index contributed by atoms with van der Waals surface area (Å²) in [6, 6.07) is 9.13. The van der Waals surface area contributed by atoms with E-state index in [1.165, 1.54) is 0 Å². The average molecular weight is 377 g/mol. The van der Waals surface area contributed by atoms with E-state index in [4.69, 9.17) is 17.3 Å². The van der Waals surface area contributed by atoms with Gasteiger partial charge in [-0.1, -0.05) is 27.5 Å². The predicted octanol–water partition coefficient (Wildman–Crippen LogP) is 4.59. The Labute approximate surface area is 121 Å². The molecule has 0 aliphatic heterocycles. The number of nitrogen functional groups attached to an aromatic ring is 1. The number of anilines is 3. The molecule has 3 N–H and O–H groups in total. The van der Waals surface area contributed by atoms with E-state index in [1.807, 2.05) is 18.2 Å². The van der Waals surface area contributed by atoms with Crippen LogP contribution in [0.3, 0.4) is 0 Å². The minimum Gasteiger partial charge on any atom is -0.399 e. The number of nitrogens with one attached hydrogen (secondary N) is 1. The van der Waals surface area contributed by atoms with Crippen molar-refractivity contribution in [2.45, 2.75) is 0 Å². The van der Waals surface area contributed by atoms with Crippen LogP contribution in [0.5, 0.6) is 0 Å². The fourth-order valence-electron chi connectivity index (χ4n) is 1.31. The van der Waals surface area contributed by atoms with Gasteiger partial charge in [-0.25, -0.2) is 4.98 Å². The summed E-state index contributed by atoms with van der Waals surface area (Å²) >= 11 is 12.7. The van der Waals surface area contributed by atoms with Crippen LogP contribution in [-0.2, 0) is 0 Å². The Kier molecular flexibility index (Phi) is 3.91. The summed E-state index contributed by atoms with van der Waals surface area (Å²) in [7, 11) is 0. The highest BCUT2D eigenvalue weighted by Gasteiger charge is 2.04. The van der Waals surface area contributed by atoms with Crippen LogP contribution in [0.2, 0.25) is 5.15 Å². The molecular weight excluding hydrogens is 369 g/mol. The van der Waals surface area contributed by atoms with Crippen molar-refractivity contribution < 1.29 is 0 Å². The van der Waals surface area contributed by atoms with Crippen molar-refractivity contribution in [3.63, 3.8) is 0 Å². The average Bonchev–Trinajstić information content (AvgIpc) is 2.22. The molecule has 0 spiro atoms. The number of pyridine rings is 1. The fraction of sp³-hybridized carbons (Fsp3) is 0. The van der Waals surface area contributed by atoms with E-state index in [1.54, 1.807) is 12.1 Å². The molecule has 0 saturated carbocycles. The van der Waals surface area contributed by atoms with Crippen LogP contribution in [0.1, 0.15) is 0 Å². The third-order valence-corrected chi connectivity index (χ3v) is 3.39. The van der Waals surface area contributed by atoms with E-state index in [0.29, 0.717) is 16.7 Å². The number of hydrogen-bond acceptors (Lipinski definition) is 3. The van der Waals surface area contributed by atoms with Crippen LogP contribution >= 0.6 is 43.5 Å². The summed E-state index contributed by atoms with van der Waals surface area (Å²) in [5.41, 5.74) is 7.15. The number of hydrogen-bond donors (Lipinski definition) is 2. The molecule has 0 bridgehead atoms. The van der Waals surface area contributed by atoms with Crippen LogP contribution in [0.4, 0.5) is 17.2 Å². The van der Waals surface area contributed by atoms with Gasteiger partial charge < -0.3 is 11.1 Å². The topological polar surface area (TPSA) is 50.9 Å². The molecule has 88 valence electrons. The van der Waals surface area contributed by atoms with Crippen molar-refractivity contribution >= 4 is 60.7 Å². The van der Waals surface area contributed by atoms with Crippen LogP contribution in [-0.4, -0.2) is 4.98 Å². The summed E-state index contributed by atoms with van der Waals surface area (Å²) in [5, 5.41) is 3.50. The number of aromatic nitrogens is 1. The highest BCUT2D eigenvalue weighted by molar-refractivity contribution is 9.11. The first kappa shape index (κ1) is 12.7. The largest absolute Gasteiger partial charge is 0.399 e. The van der Waals surface area contributed by atoms with Gasteiger partial charge in [-0.15, -0.1) is 0 Å². The number of benzene rings is 1. The molecule has 0 aliphatic rings. The second-order valence-corrected chi connectivity index (χ2v) is 5.51. The molecule has 0 fully saturated rings. The molecule has 1 aromatic heterocycles. The molecule has 2 rings (SSSR count). The molecule has 0 aliphatic carbocycles. The summed E-state index contributed by atoms with van der Waals surface area (Å²) in [6.45, 7) is 0. The molecule has 1 aromatic carbocycles. The van der Waals surface area contributed by atoms with Gasteiger partial charge in [-0.2, -0.15) is 0 Å². The summed E-state index contributed by atoms with van der Waals surface area (Å²) < 4.78 is 1.90. The fourth-order valence-corrected chi connectivity index (χ4v) is 2.24. The minimum atomic E-state index is 0.360. The lowest BCUT2D eigenvalue weighted by Crippen LogP contribution is -1.96. The predicted molar refractivity (Wildman–Crippen MR) is 78.8 cm³/mol. The van der Waals surface area contributed by atoms with Gasteiger partial charge in [0.15, 0.2) is 0 Å². The maximum absolute atomic E-state index is 5.84. The summed E-state index contributed by atoms with van der Waals surface area (Å²) in [6.07, 6.45) is 0. The van der Waals surface area contributed by atoms with Crippen LogP contribution in [0.15, 0.2) is 39.3 Å². The van der Waals surface area contributed by atoms with E-state index in [2.05, 4.69) is 42.2 Å². The van der Waals surface area contributed by atoms with Gasteiger partial charge in [0, 0.05) is 20.7 Å². The minimum absolute atomic E-state index is 0.360. The Morgan fingerprint density at radius 3 is 2.65 bits per heavy atom. The van der Waals surface area contributed by atoms with Gasteiger partial charge in [0.1, 0.15) is 11.0 Å². The molecule has 6 heteroatoms. The first-order chi connectivity index (χ1) is 8.04. The Morgan fingerprint density at radius 2 is 1.94 bits per heavy atom. The van der Waals surface area contributed by atoms with Crippen molar-refractivity contribution in [1.29, 1.82) is 0 Å². The quantitative estimate of drug-likeness (QED) is 0.753. The van der Waals surface area contributed by atoms with Crippen molar-refractivity contribution in [2.75, 3.05) is 11.1 Å². The lowest BCUT2D eigenvalue weighted by Gasteiger charge is -2.09. The second kappa shape index (κ2) is 5.25. The van der Waals surface area contributed by atoms with Gasteiger partial charge in [-0.3, -0.25) is 0 Å². The van der Waals surface area contributed by atoms with E-state index in [9.17, 15) is 0 Å². The zero-order chi connectivity index (χ0) is 12.4. The van der Waals surface area contributed by atoms with Crippen LogP contribution < -0.4 is 11.1 Å². The Balaban J connectivity index is 2.34. The lowest BCUT2D eigenvalue weighted by atomic mass is 10.3. The normalized spacial score (nSPS) is 10.3. The van der Waals surface area contributed by atoms with Crippen molar-refractivity contribution in [3.8, 4) is 0 Å². The molecule has 17 heavy (non-hydrogen) atoms. The van der Waals surface area contributed by atoms with E-state index in [-0.39, 0.29) is 0 Å². The highest BCUT2D eigenvalue weighted by atomic mass is 79.9. The SMILES string of the molecule is Nc1cc(Cl)nc(Nc2cc(Br)ccc2Br)c1. The third-order valence-electron chi connectivity index (χ3n) is 2.01. The summed E-state index contributed by atoms with van der Waals surface area (Å²) in [5.74, 6) is 0.605. The van der Waals surface area contributed by atoms with Gasteiger partial charge in [0.2, 0.25) is 0 Å². The first-order valence-electron chi connectivity index (χ1n) is 4.70. The Hall–Kier alpha value is -0.780. The number of nitrogens with zero attached hydrogens (tertiary/aromatic N) is 1. The Bertz CT molecular complexity index is 540. The molecule has 0 unspecified atom stereocenters. The Morgan fingerprint density at radius 1 is 1.18 bits per heavy atom. The van der Waals surface area contributed by atoms with Crippen molar-refractivity contribution in [1.82, 2.24) is 4.98 Å². The first-order valence-corrected chi connectivity index (χ1v) is 6.66. The molecule has 0 radical (unpaired) electrons. The van der Waals surface area contributed by atoms with Crippen molar-refractivity contribution in [2.24, 2.45) is 0 Å². The summed E-state index contributed by atoms with van der Waals surface area (Å²) in [4.78, 5) is 4.14. The number of rotatable bonds is 2. The van der Waals surface area contributed by atoms with Gasteiger partial charge in [0.25, 0.3) is 0 Å². The molecular formula is C11H8Br2ClN3. The van der Waals surface area contributed by atoms with Crippen LogP contribution in [0, 0.1) is 0 Å². The van der Waals surface area contributed by atoms with Gasteiger partial charge >= 0.3 is 0 Å². The molecule has 0 saturated heterocycles. The van der Waals surface area contributed by atoms with E-state index < -0.39 is 0 Å². The second-order valence-electron chi connectivity index (χ2n) is 3.36. The zero-order valence-electron chi connectivity index (χ0n) is 8.55. The zero-order valence-corrected chi connectivity index (χ0v) is 12.5. The number of halogens is 3. The molecule has 0 atom stereocenters. The van der Waals surface area contributed by atoms with E-state index >= 15 is 0 Å². The van der Waals surface area contributed by atoms with Gasteiger partial charge in [-0.05, 0) is 40.2 Å². The van der Waals surface area contributed by atoms with E-state index in [0.717, 1.165) is 14.6 Å². The molecule has 0 amide bonds. The molecule has 1 heterocycles. The van der Waals surface area contributed by atoms with Crippen LogP contribution in [0.25, 0.3) is 0 Å². The monoisotopic (exact) mass is 375 g/mol. The number of nitrogens with two attached hydrogens (primary N) is 1. The highest BCUT2D eigenvalue weighted by Crippen LogP contribution is 2.29. The standard InChI is InChI=1S/C11H8Br2ClN3/c12-6-1-2-8(13)9(3-6)16-11-5-7(15)4-10(14)17-11/h1-5H,(H3,15,16,17). The molecule has 2 aromatic rings. The smallest absolute Gasteiger partial charge is 0.134 e.